The topological polar surface area (TPSA) is 41.8 Å². The number of nitrogens with one attached hydrogen (secondary N) is 1. The molecule has 2 nitrogen and oxygen atoms in total. The van der Waals surface area contributed by atoms with Crippen LogP contribution in [0.15, 0.2) is 18.2 Å². The number of aromatic nitrogens is 1. The summed E-state index contributed by atoms with van der Waals surface area (Å²) in [6, 6.07) is 5.30. The molecule has 0 spiro atoms. The first-order chi connectivity index (χ1) is 7.63. The van der Waals surface area contributed by atoms with Crippen LogP contribution in [0.4, 0.5) is 4.39 Å². The molecule has 0 fully saturated rings. The lowest BCUT2D eigenvalue weighted by Gasteiger charge is -2.08. The van der Waals surface area contributed by atoms with Gasteiger partial charge >= 0.3 is 0 Å². The van der Waals surface area contributed by atoms with Crippen molar-refractivity contribution in [2.75, 3.05) is 0 Å². The second kappa shape index (κ2) is 4.26. The smallest absolute Gasteiger partial charge is 0.147 e. The lowest BCUT2D eigenvalue weighted by molar-refractivity contribution is 0.637. The highest BCUT2D eigenvalue weighted by Crippen LogP contribution is 2.25. The maximum absolute atomic E-state index is 13.5. The molecule has 1 aromatic carbocycles. The van der Waals surface area contributed by atoms with Crippen LogP contribution in [0.5, 0.6) is 0 Å². The Morgan fingerprint density at radius 1 is 1.44 bits per heavy atom. The van der Waals surface area contributed by atoms with E-state index in [9.17, 15) is 4.39 Å². The minimum atomic E-state index is -0.197. The Labute approximate surface area is 94.7 Å². The SMILES string of the molecule is CCC(N)Cc1c(C)[nH]c2c(F)cccc12. The van der Waals surface area contributed by atoms with Crippen LogP contribution >= 0.6 is 0 Å². The number of hydrogen-bond donors (Lipinski definition) is 2. The third-order valence-corrected chi connectivity index (χ3v) is 3.09. The standard InChI is InChI=1S/C13H17FN2/c1-3-9(15)7-11-8(2)16-13-10(11)5-4-6-12(13)14/h4-6,9,16H,3,7,15H2,1-2H3. The molecule has 3 N–H and O–H groups in total. The van der Waals surface area contributed by atoms with Crippen LogP contribution in [0.2, 0.25) is 0 Å². The van der Waals surface area contributed by atoms with Gasteiger partial charge in [0.1, 0.15) is 5.82 Å². The summed E-state index contributed by atoms with van der Waals surface area (Å²) in [6.45, 7) is 4.03. The van der Waals surface area contributed by atoms with Gasteiger partial charge in [0, 0.05) is 17.1 Å². The van der Waals surface area contributed by atoms with Gasteiger partial charge in [-0.3, -0.25) is 0 Å². The highest BCUT2D eigenvalue weighted by atomic mass is 19.1. The zero-order chi connectivity index (χ0) is 11.7. The van der Waals surface area contributed by atoms with Gasteiger partial charge in [-0.15, -0.1) is 0 Å². The highest BCUT2D eigenvalue weighted by molar-refractivity contribution is 5.85. The molecule has 1 atom stereocenters. The average Bonchev–Trinajstić information content (AvgIpc) is 2.58. The molecule has 0 bridgehead atoms. The molecule has 2 aromatic rings. The molecule has 0 saturated heterocycles. The summed E-state index contributed by atoms with van der Waals surface area (Å²) >= 11 is 0. The third-order valence-electron chi connectivity index (χ3n) is 3.09. The van der Waals surface area contributed by atoms with Crippen LogP contribution in [0.3, 0.4) is 0 Å². The molecule has 16 heavy (non-hydrogen) atoms. The molecule has 1 heterocycles. The molecule has 0 aliphatic carbocycles. The van der Waals surface area contributed by atoms with E-state index in [1.54, 1.807) is 6.07 Å². The van der Waals surface area contributed by atoms with Gasteiger partial charge in [0.05, 0.1) is 5.52 Å². The Balaban J connectivity index is 2.52. The number of halogens is 1. The zero-order valence-corrected chi connectivity index (χ0v) is 9.68. The zero-order valence-electron chi connectivity index (χ0n) is 9.68. The Bertz CT molecular complexity index is 502. The van der Waals surface area contributed by atoms with Crippen LogP contribution < -0.4 is 5.73 Å². The van der Waals surface area contributed by atoms with Crippen LogP contribution in [-0.4, -0.2) is 11.0 Å². The van der Waals surface area contributed by atoms with Crippen LogP contribution in [0.25, 0.3) is 10.9 Å². The van der Waals surface area contributed by atoms with Crippen molar-refractivity contribution < 1.29 is 4.39 Å². The van der Waals surface area contributed by atoms with Gasteiger partial charge in [-0.1, -0.05) is 19.1 Å². The molecule has 0 aliphatic heterocycles. The van der Waals surface area contributed by atoms with E-state index in [0.29, 0.717) is 5.52 Å². The average molecular weight is 220 g/mol. The number of hydrogen-bond acceptors (Lipinski definition) is 1. The van der Waals surface area contributed by atoms with Gasteiger partial charge in [-0.05, 0) is 31.4 Å². The fourth-order valence-corrected chi connectivity index (χ4v) is 2.04. The van der Waals surface area contributed by atoms with Crippen LogP contribution in [-0.2, 0) is 6.42 Å². The van der Waals surface area contributed by atoms with Crippen molar-refractivity contribution in [2.45, 2.75) is 32.7 Å². The van der Waals surface area contributed by atoms with Crippen molar-refractivity contribution in [1.82, 2.24) is 4.98 Å². The summed E-state index contributed by atoms with van der Waals surface area (Å²) in [5, 5.41) is 0.960. The first kappa shape index (κ1) is 11.1. The van der Waals surface area contributed by atoms with E-state index in [-0.39, 0.29) is 11.9 Å². The van der Waals surface area contributed by atoms with Crippen molar-refractivity contribution in [2.24, 2.45) is 5.73 Å². The first-order valence-electron chi connectivity index (χ1n) is 5.64. The summed E-state index contributed by atoms with van der Waals surface area (Å²) in [7, 11) is 0. The molecule has 1 aromatic heterocycles. The maximum atomic E-state index is 13.5. The molecule has 0 radical (unpaired) electrons. The van der Waals surface area contributed by atoms with Gasteiger partial charge in [-0.25, -0.2) is 4.39 Å². The number of para-hydroxylation sites is 1. The van der Waals surface area contributed by atoms with E-state index in [4.69, 9.17) is 5.73 Å². The van der Waals surface area contributed by atoms with E-state index < -0.39 is 0 Å². The van der Waals surface area contributed by atoms with E-state index in [0.717, 1.165) is 29.5 Å². The molecule has 0 saturated carbocycles. The quantitative estimate of drug-likeness (QED) is 0.820. The number of rotatable bonds is 3. The first-order valence-corrected chi connectivity index (χ1v) is 5.64. The molecular weight excluding hydrogens is 203 g/mol. The Morgan fingerprint density at radius 2 is 2.19 bits per heavy atom. The second-order valence-corrected chi connectivity index (χ2v) is 4.26. The van der Waals surface area contributed by atoms with Gasteiger partial charge in [-0.2, -0.15) is 0 Å². The lowest BCUT2D eigenvalue weighted by Crippen LogP contribution is -2.21. The van der Waals surface area contributed by atoms with Crippen LogP contribution in [0, 0.1) is 12.7 Å². The summed E-state index contributed by atoms with van der Waals surface area (Å²) in [6.07, 6.45) is 1.73. The minimum absolute atomic E-state index is 0.140. The number of aryl methyl sites for hydroxylation is 1. The van der Waals surface area contributed by atoms with Crippen molar-refractivity contribution in [3.8, 4) is 0 Å². The predicted molar refractivity (Wildman–Crippen MR) is 65.0 cm³/mol. The molecule has 0 aliphatic rings. The van der Waals surface area contributed by atoms with Crippen molar-refractivity contribution in [3.05, 3.63) is 35.3 Å². The molecule has 1 unspecified atom stereocenters. The predicted octanol–water partition coefficient (Wildman–Crippen LogP) is 2.90. The van der Waals surface area contributed by atoms with Gasteiger partial charge in [0.25, 0.3) is 0 Å². The minimum Gasteiger partial charge on any atom is -0.356 e. The van der Waals surface area contributed by atoms with E-state index >= 15 is 0 Å². The van der Waals surface area contributed by atoms with Gasteiger partial charge in [0.2, 0.25) is 0 Å². The highest BCUT2D eigenvalue weighted by Gasteiger charge is 2.13. The number of fused-ring (bicyclic) bond motifs is 1. The molecule has 3 heteroatoms. The maximum Gasteiger partial charge on any atom is 0.147 e. The number of benzene rings is 1. The van der Waals surface area contributed by atoms with Crippen molar-refractivity contribution in [1.29, 1.82) is 0 Å². The van der Waals surface area contributed by atoms with E-state index in [1.807, 2.05) is 13.0 Å². The second-order valence-electron chi connectivity index (χ2n) is 4.26. The number of H-pyrrole nitrogens is 1. The molecule has 0 amide bonds. The Morgan fingerprint density at radius 3 is 2.88 bits per heavy atom. The van der Waals surface area contributed by atoms with Crippen molar-refractivity contribution in [3.63, 3.8) is 0 Å². The largest absolute Gasteiger partial charge is 0.356 e. The molecular formula is C13H17FN2. The summed E-state index contributed by atoms with van der Waals surface area (Å²) in [5.41, 5.74) is 8.71. The van der Waals surface area contributed by atoms with Crippen molar-refractivity contribution >= 4 is 10.9 Å². The Kier molecular flexibility index (Phi) is 2.97. The fraction of sp³-hybridized carbons (Fsp3) is 0.385. The summed E-state index contributed by atoms with van der Waals surface area (Å²) in [5.74, 6) is -0.197. The van der Waals surface area contributed by atoms with E-state index in [2.05, 4.69) is 11.9 Å². The van der Waals surface area contributed by atoms with E-state index in [1.165, 1.54) is 6.07 Å². The lowest BCUT2D eigenvalue weighted by atomic mass is 10.0. The summed E-state index contributed by atoms with van der Waals surface area (Å²) < 4.78 is 13.5. The fourth-order valence-electron chi connectivity index (χ4n) is 2.04. The normalized spacial score (nSPS) is 13.2. The van der Waals surface area contributed by atoms with Crippen LogP contribution in [0.1, 0.15) is 24.6 Å². The monoisotopic (exact) mass is 220 g/mol. The van der Waals surface area contributed by atoms with Gasteiger partial charge < -0.3 is 10.7 Å². The number of nitrogens with two attached hydrogens (primary N) is 1. The molecule has 2 rings (SSSR count). The number of aromatic amines is 1. The molecule has 86 valence electrons. The summed E-state index contributed by atoms with van der Waals surface area (Å²) in [4.78, 5) is 3.09. The Hall–Kier alpha value is -1.35. The van der Waals surface area contributed by atoms with Gasteiger partial charge in [0.15, 0.2) is 0 Å². The third kappa shape index (κ3) is 1.83.